The molecule has 0 spiro atoms. The van der Waals surface area contributed by atoms with Crippen molar-refractivity contribution in [3.63, 3.8) is 0 Å². The van der Waals surface area contributed by atoms with Gasteiger partial charge >= 0.3 is 5.97 Å². The molecule has 4 rings (SSSR count). The Bertz CT molecular complexity index is 1440. The molecule has 10 heteroatoms. The lowest BCUT2D eigenvalue weighted by Gasteiger charge is -2.36. The maximum Gasteiger partial charge on any atom is 0.329 e. The van der Waals surface area contributed by atoms with Crippen molar-refractivity contribution in [3.8, 4) is 0 Å². The number of esters is 1. The van der Waals surface area contributed by atoms with Crippen LogP contribution in [0, 0.1) is 18.7 Å². The van der Waals surface area contributed by atoms with Crippen LogP contribution in [0.15, 0.2) is 41.6 Å². The van der Waals surface area contributed by atoms with Crippen molar-refractivity contribution in [3.05, 3.63) is 59.2 Å². The lowest BCUT2D eigenvalue weighted by molar-refractivity contribution is -0.162. The average molecular weight is 502 g/mol. The van der Waals surface area contributed by atoms with Crippen molar-refractivity contribution >= 4 is 32.9 Å². The number of benzene rings is 1. The van der Waals surface area contributed by atoms with E-state index in [1.165, 1.54) is 17.0 Å². The molecule has 2 aromatic heterocycles. The van der Waals surface area contributed by atoms with Gasteiger partial charge in [0.25, 0.3) is 15.9 Å². The Morgan fingerprint density at radius 1 is 1.17 bits per heavy atom. The van der Waals surface area contributed by atoms with Crippen LogP contribution in [0.25, 0.3) is 11.0 Å². The number of aryl methyl sites for hydroxylation is 1. The zero-order valence-electron chi connectivity index (χ0n) is 20.5. The highest BCUT2D eigenvalue weighted by atomic mass is 32.2. The van der Waals surface area contributed by atoms with E-state index in [2.05, 4.69) is 4.98 Å². The van der Waals surface area contributed by atoms with Crippen LogP contribution in [0.2, 0.25) is 0 Å². The van der Waals surface area contributed by atoms with Crippen LogP contribution >= 0.6 is 0 Å². The minimum atomic E-state index is -4.12. The molecule has 0 N–H and O–H groups in total. The summed E-state index contributed by atoms with van der Waals surface area (Å²) in [5.41, 5.74) is 0.141. The summed E-state index contributed by atoms with van der Waals surface area (Å²) < 4.78 is 48.3. The number of amides is 1. The molecule has 0 radical (unpaired) electrons. The third-order valence-electron chi connectivity index (χ3n) is 5.85. The molecule has 0 saturated carbocycles. The molecule has 1 unspecified atom stereocenters. The lowest BCUT2D eigenvalue weighted by Crippen LogP contribution is -2.51. The fraction of sp³-hybridized carbons (Fsp3) is 0.400. The molecule has 1 atom stereocenters. The molecule has 1 aliphatic heterocycles. The summed E-state index contributed by atoms with van der Waals surface area (Å²) in [5, 5.41) is 0.133. The summed E-state index contributed by atoms with van der Waals surface area (Å²) in [6.07, 6.45) is 2.10. The second kappa shape index (κ2) is 8.44. The molecule has 1 aromatic carbocycles. The van der Waals surface area contributed by atoms with Gasteiger partial charge in [0.15, 0.2) is 5.65 Å². The van der Waals surface area contributed by atoms with Gasteiger partial charge in [-0.05, 0) is 45.7 Å². The molecule has 0 bridgehead atoms. The summed E-state index contributed by atoms with van der Waals surface area (Å²) in [6, 6.07) is 5.26. The molecule has 186 valence electrons. The molecule has 35 heavy (non-hydrogen) atoms. The van der Waals surface area contributed by atoms with Crippen molar-refractivity contribution in [2.45, 2.75) is 64.6 Å². The Kier molecular flexibility index (Phi) is 5.99. The van der Waals surface area contributed by atoms with E-state index in [-0.39, 0.29) is 39.5 Å². The van der Waals surface area contributed by atoms with Gasteiger partial charge in [-0.15, -0.1) is 0 Å². The first-order chi connectivity index (χ1) is 16.2. The smallest absolute Gasteiger partial charge is 0.329 e. The van der Waals surface area contributed by atoms with E-state index >= 15 is 0 Å². The van der Waals surface area contributed by atoms with Gasteiger partial charge in [0.2, 0.25) is 0 Å². The Morgan fingerprint density at radius 2 is 1.80 bits per heavy atom. The lowest BCUT2D eigenvalue weighted by atomic mass is 9.96. The van der Waals surface area contributed by atoms with Crippen LogP contribution in [0.3, 0.4) is 0 Å². The molecule has 1 amide bonds. The zero-order chi connectivity index (χ0) is 25.9. The van der Waals surface area contributed by atoms with Gasteiger partial charge < -0.3 is 9.64 Å². The van der Waals surface area contributed by atoms with E-state index in [9.17, 15) is 22.4 Å². The molecule has 1 aliphatic rings. The highest BCUT2D eigenvalue weighted by Gasteiger charge is 2.41. The Labute approximate surface area is 203 Å². The van der Waals surface area contributed by atoms with Crippen molar-refractivity contribution in [1.29, 1.82) is 0 Å². The number of ether oxygens (including phenoxy) is 1. The first-order valence-electron chi connectivity index (χ1n) is 11.3. The standard InChI is InChI=1S/C25H28FN3O5S/c1-14(2)21(24(31)34-25(4,5)6)28-12-17-19(26)11-27-22-20(17)18(23(28)30)13-29(22)35(32,33)16-9-7-15(3)8-10-16/h7-11,13-14,21H,12H2,1-6H3. The maximum absolute atomic E-state index is 15.0. The highest BCUT2D eigenvalue weighted by Crippen LogP contribution is 2.36. The van der Waals surface area contributed by atoms with Crippen LogP contribution in [0.5, 0.6) is 0 Å². The van der Waals surface area contributed by atoms with Gasteiger partial charge in [-0.2, -0.15) is 0 Å². The molecule has 0 saturated heterocycles. The SMILES string of the molecule is Cc1ccc(S(=O)(=O)n2cc3c4c(c(F)cnc42)CN(C(C(=O)OC(C)(C)C)C(C)C)C3=O)cc1. The quantitative estimate of drug-likeness (QED) is 0.490. The zero-order valence-corrected chi connectivity index (χ0v) is 21.3. The maximum atomic E-state index is 15.0. The second-order valence-electron chi connectivity index (χ2n) is 10.1. The molecular formula is C25H28FN3O5S. The van der Waals surface area contributed by atoms with Crippen LogP contribution in [-0.4, -0.2) is 45.8 Å². The summed E-state index contributed by atoms with van der Waals surface area (Å²) in [6.45, 7) is 10.3. The molecule has 0 aliphatic carbocycles. The number of rotatable bonds is 5. The molecule has 8 nitrogen and oxygen atoms in total. The van der Waals surface area contributed by atoms with Crippen LogP contribution in [0.4, 0.5) is 4.39 Å². The first kappa shape index (κ1) is 24.8. The number of hydrogen-bond donors (Lipinski definition) is 0. The predicted octanol–water partition coefficient (Wildman–Crippen LogP) is 4.04. The topological polar surface area (TPSA) is 98.6 Å². The van der Waals surface area contributed by atoms with Gasteiger partial charge in [0.05, 0.1) is 23.2 Å². The monoisotopic (exact) mass is 501 g/mol. The number of carbonyl (C=O) groups is 2. The van der Waals surface area contributed by atoms with Gasteiger partial charge in [0, 0.05) is 17.1 Å². The highest BCUT2D eigenvalue weighted by molar-refractivity contribution is 7.90. The number of hydrogen-bond acceptors (Lipinski definition) is 6. The predicted molar refractivity (Wildman–Crippen MR) is 128 cm³/mol. The van der Waals surface area contributed by atoms with E-state index in [4.69, 9.17) is 4.74 Å². The van der Waals surface area contributed by atoms with E-state index in [1.807, 2.05) is 6.92 Å². The van der Waals surface area contributed by atoms with Crippen LogP contribution in [0.1, 0.15) is 56.1 Å². The fourth-order valence-corrected chi connectivity index (χ4v) is 5.59. The minimum absolute atomic E-state index is 0.0107. The van der Waals surface area contributed by atoms with Crippen LogP contribution in [-0.2, 0) is 26.1 Å². The van der Waals surface area contributed by atoms with Crippen molar-refractivity contribution < 1.29 is 27.1 Å². The summed E-state index contributed by atoms with van der Waals surface area (Å²) >= 11 is 0. The number of halogens is 1. The summed E-state index contributed by atoms with van der Waals surface area (Å²) in [4.78, 5) is 31.9. The van der Waals surface area contributed by atoms with E-state index in [0.717, 1.165) is 21.9 Å². The summed E-state index contributed by atoms with van der Waals surface area (Å²) in [7, 11) is -4.12. The van der Waals surface area contributed by atoms with E-state index < -0.39 is 39.4 Å². The van der Waals surface area contributed by atoms with Crippen molar-refractivity contribution in [2.75, 3.05) is 0 Å². The first-order valence-corrected chi connectivity index (χ1v) is 12.7. The second-order valence-corrected chi connectivity index (χ2v) is 11.9. The van der Waals surface area contributed by atoms with Gasteiger partial charge in [-0.3, -0.25) is 4.79 Å². The Hall–Kier alpha value is -3.27. The van der Waals surface area contributed by atoms with Gasteiger partial charge in [0.1, 0.15) is 17.5 Å². The Morgan fingerprint density at radius 3 is 2.37 bits per heavy atom. The number of nitrogens with zero attached hydrogens (tertiary/aromatic N) is 3. The van der Waals surface area contributed by atoms with Crippen LogP contribution < -0.4 is 0 Å². The molecule has 0 fully saturated rings. The fourth-order valence-electron chi connectivity index (χ4n) is 4.27. The molecular weight excluding hydrogens is 473 g/mol. The third-order valence-corrected chi connectivity index (χ3v) is 7.52. The molecule has 3 heterocycles. The third kappa shape index (κ3) is 4.31. The minimum Gasteiger partial charge on any atom is -0.458 e. The van der Waals surface area contributed by atoms with Crippen molar-refractivity contribution in [2.24, 2.45) is 5.92 Å². The summed E-state index contributed by atoms with van der Waals surface area (Å²) in [5.74, 6) is -2.22. The van der Waals surface area contributed by atoms with Gasteiger partial charge in [-0.1, -0.05) is 31.5 Å². The number of aromatic nitrogens is 2. The normalized spacial score (nSPS) is 15.1. The number of carbonyl (C=O) groups excluding carboxylic acids is 2. The van der Waals surface area contributed by atoms with Gasteiger partial charge in [-0.25, -0.2) is 26.6 Å². The Balaban J connectivity index is 1.87. The van der Waals surface area contributed by atoms with E-state index in [0.29, 0.717) is 0 Å². The molecule has 3 aromatic rings. The number of pyridine rings is 1. The van der Waals surface area contributed by atoms with Crippen molar-refractivity contribution in [1.82, 2.24) is 13.9 Å². The average Bonchev–Trinajstić information content (AvgIpc) is 3.14. The van der Waals surface area contributed by atoms with E-state index in [1.54, 1.807) is 46.8 Å². The largest absolute Gasteiger partial charge is 0.458 e.